The Labute approximate surface area is 185 Å². The lowest BCUT2D eigenvalue weighted by atomic mass is 9.88. The van der Waals surface area contributed by atoms with Crippen molar-refractivity contribution in [1.29, 1.82) is 0 Å². The van der Waals surface area contributed by atoms with E-state index in [1.807, 2.05) is 0 Å². The number of nitrogens with zero attached hydrogens (tertiary/aromatic N) is 3. The summed E-state index contributed by atoms with van der Waals surface area (Å²) in [5.41, 5.74) is 1.61. The maximum Gasteiger partial charge on any atom is 0.341 e. The standard InChI is InChI=1S/C21H28N4O3S2/c1-4-25-18(13-7-8-13)23-24-21(25)29-11-16(26)22-19-17(20(27)28-5-2)14-9-6-12(3)10-15(14)30-19/h12-13H,4-11H2,1-3H3,(H,22,26). The third kappa shape index (κ3) is 4.42. The van der Waals surface area contributed by atoms with E-state index in [0.717, 1.165) is 42.4 Å². The first-order valence-corrected chi connectivity index (χ1v) is 12.5. The highest BCUT2D eigenvalue weighted by atomic mass is 32.2. The van der Waals surface area contributed by atoms with Crippen molar-refractivity contribution in [1.82, 2.24) is 14.8 Å². The number of carbonyl (C=O) groups excluding carboxylic acids is 2. The number of carbonyl (C=O) groups is 2. The van der Waals surface area contributed by atoms with E-state index in [0.29, 0.717) is 29.0 Å². The zero-order chi connectivity index (χ0) is 21.3. The fourth-order valence-corrected chi connectivity index (χ4v) is 6.12. The molecule has 1 saturated carbocycles. The Kier molecular flexibility index (Phi) is 6.48. The van der Waals surface area contributed by atoms with Crippen LogP contribution in [0.2, 0.25) is 0 Å². The van der Waals surface area contributed by atoms with Crippen LogP contribution in [-0.2, 0) is 28.9 Å². The highest BCUT2D eigenvalue weighted by Crippen LogP contribution is 2.41. The summed E-state index contributed by atoms with van der Waals surface area (Å²) in [6.45, 7) is 7.21. The number of hydrogen-bond donors (Lipinski definition) is 1. The number of ether oxygens (including phenoxy) is 1. The molecule has 1 amide bonds. The molecule has 0 aliphatic heterocycles. The lowest BCUT2D eigenvalue weighted by Crippen LogP contribution is -2.18. The van der Waals surface area contributed by atoms with Gasteiger partial charge in [0.2, 0.25) is 5.91 Å². The Bertz CT molecular complexity index is 948. The lowest BCUT2D eigenvalue weighted by molar-refractivity contribution is -0.113. The first-order valence-electron chi connectivity index (χ1n) is 10.7. The smallest absolute Gasteiger partial charge is 0.341 e. The van der Waals surface area contributed by atoms with Gasteiger partial charge in [-0.1, -0.05) is 18.7 Å². The highest BCUT2D eigenvalue weighted by Gasteiger charge is 2.31. The molecular weight excluding hydrogens is 420 g/mol. The molecular formula is C21H28N4O3S2. The van der Waals surface area contributed by atoms with Gasteiger partial charge in [-0.2, -0.15) is 0 Å². The first kappa shape index (κ1) is 21.4. The Hall–Kier alpha value is -1.87. The van der Waals surface area contributed by atoms with Crippen molar-refractivity contribution in [2.75, 3.05) is 17.7 Å². The molecule has 0 saturated heterocycles. The molecule has 0 aromatic carbocycles. The first-order chi connectivity index (χ1) is 14.5. The van der Waals surface area contributed by atoms with Crippen LogP contribution in [0.1, 0.15) is 72.6 Å². The number of nitrogens with one attached hydrogen (secondary N) is 1. The van der Waals surface area contributed by atoms with Crippen molar-refractivity contribution >= 4 is 40.0 Å². The normalized spacial score (nSPS) is 18.2. The average molecular weight is 449 g/mol. The monoisotopic (exact) mass is 448 g/mol. The quantitative estimate of drug-likeness (QED) is 0.479. The third-order valence-electron chi connectivity index (χ3n) is 5.58. The number of aromatic nitrogens is 3. The zero-order valence-electron chi connectivity index (χ0n) is 17.7. The highest BCUT2D eigenvalue weighted by molar-refractivity contribution is 7.99. The van der Waals surface area contributed by atoms with Gasteiger partial charge >= 0.3 is 5.97 Å². The second-order valence-corrected chi connectivity index (χ2v) is 10.0. The number of thiophene rings is 1. The fraction of sp³-hybridized carbons (Fsp3) is 0.619. The zero-order valence-corrected chi connectivity index (χ0v) is 19.3. The van der Waals surface area contributed by atoms with Crippen molar-refractivity contribution in [3.05, 3.63) is 21.8 Å². The summed E-state index contributed by atoms with van der Waals surface area (Å²) < 4.78 is 7.38. The van der Waals surface area contributed by atoms with E-state index in [9.17, 15) is 9.59 Å². The summed E-state index contributed by atoms with van der Waals surface area (Å²) in [4.78, 5) is 26.5. The summed E-state index contributed by atoms with van der Waals surface area (Å²) in [5.74, 6) is 1.89. The van der Waals surface area contributed by atoms with Crippen molar-refractivity contribution in [3.63, 3.8) is 0 Å². The van der Waals surface area contributed by atoms with Gasteiger partial charge in [0.15, 0.2) is 5.16 Å². The molecule has 30 heavy (non-hydrogen) atoms. The minimum atomic E-state index is -0.340. The molecule has 2 aliphatic carbocycles. The van der Waals surface area contributed by atoms with Gasteiger partial charge in [-0.05, 0) is 57.4 Å². The minimum absolute atomic E-state index is 0.143. The maximum atomic E-state index is 12.7. The number of rotatable bonds is 8. The van der Waals surface area contributed by atoms with Crippen LogP contribution < -0.4 is 5.32 Å². The number of amides is 1. The van der Waals surface area contributed by atoms with E-state index in [4.69, 9.17) is 4.74 Å². The summed E-state index contributed by atoms with van der Waals surface area (Å²) in [6, 6.07) is 0. The topological polar surface area (TPSA) is 86.1 Å². The van der Waals surface area contributed by atoms with Crippen molar-refractivity contribution < 1.29 is 14.3 Å². The molecule has 2 heterocycles. The van der Waals surface area contributed by atoms with E-state index in [1.165, 1.54) is 40.8 Å². The Balaban J connectivity index is 1.47. The van der Waals surface area contributed by atoms with Gasteiger partial charge in [0.05, 0.1) is 17.9 Å². The van der Waals surface area contributed by atoms with Crippen LogP contribution in [0.15, 0.2) is 5.16 Å². The van der Waals surface area contributed by atoms with Crippen molar-refractivity contribution in [3.8, 4) is 0 Å². The van der Waals surface area contributed by atoms with Gasteiger partial charge in [0.25, 0.3) is 0 Å². The summed E-state index contributed by atoms with van der Waals surface area (Å²) >= 11 is 2.91. The summed E-state index contributed by atoms with van der Waals surface area (Å²) in [7, 11) is 0. The van der Waals surface area contributed by atoms with Crippen LogP contribution in [0.5, 0.6) is 0 Å². The number of fused-ring (bicyclic) bond motifs is 1. The molecule has 9 heteroatoms. The molecule has 7 nitrogen and oxygen atoms in total. The third-order valence-corrected chi connectivity index (χ3v) is 7.72. The average Bonchev–Trinajstić information content (AvgIpc) is 3.38. The molecule has 1 unspecified atom stereocenters. The number of thioether (sulfide) groups is 1. The van der Waals surface area contributed by atoms with Gasteiger partial charge in [-0.3, -0.25) is 4.79 Å². The van der Waals surface area contributed by atoms with Gasteiger partial charge in [0, 0.05) is 17.3 Å². The van der Waals surface area contributed by atoms with Crippen LogP contribution in [0.25, 0.3) is 0 Å². The number of anilines is 1. The van der Waals surface area contributed by atoms with Crippen LogP contribution >= 0.6 is 23.1 Å². The van der Waals surface area contributed by atoms with Gasteiger partial charge in [-0.25, -0.2) is 4.79 Å². The molecule has 1 fully saturated rings. The van der Waals surface area contributed by atoms with E-state index in [-0.39, 0.29) is 17.6 Å². The Morgan fingerprint density at radius 1 is 1.27 bits per heavy atom. The van der Waals surface area contributed by atoms with E-state index in [1.54, 1.807) is 6.92 Å². The van der Waals surface area contributed by atoms with E-state index in [2.05, 4.69) is 33.9 Å². The molecule has 0 bridgehead atoms. The molecule has 0 radical (unpaired) electrons. The maximum absolute atomic E-state index is 12.7. The summed E-state index contributed by atoms with van der Waals surface area (Å²) in [6.07, 6.45) is 5.19. The second-order valence-electron chi connectivity index (χ2n) is 7.97. The number of hydrogen-bond acceptors (Lipinski definition) is 7. The summed E-state index contributed by atoms with van der Waals surface area (Å²) in [5, 5.41) is 13.0. The molecule has 2 aliphatic rings. The predicted molar refractivity (Wildman–Crippen MR) is 118 cm³/mol. The van der Waals surface area contributed by atoms with E-state index >= 15 is 0 Å². The molecule has 2 aromatic heterocycles. The molecule has 1 N–H and O–H groups in total. The predicted octanol–water partition coefficient (Wildman–Crippen LogP) is 4.27. The molecule has 1 atom stereocenters. The fourth-order valence-electron chi connectivity index (χ4n) is 3.90. The molecule has 0 spiro atoms. The van der Waals surface area contributed by atoms with Crippen LogP contribution in [0.3, 0.4) is 0 Å². The Morgan fingerprint density at radius 2 is 2.07 bits per heavy atom. The van der Waals surface area contributed by atoms with Crippen LogP contribution in [0, 0.1) is 5.92 Å². The molecule has 4 rings (SSSR count). The van der Waals surface area contributed by atoms with Gasteiger partial charge in [0.1, 0.15) is 10.8 Å². The lowest BCUT2D eigenvalue weighted by Gasteiger charge is -2.18. The van der Waals surface area contributed by atoms with Crippen molar-refractivity contribution in [2.45, 2.75) is 70.5 Å². The Morgan fingerprint density at radius 3 is 2.77 bits per heavy atom. The van der Waals surface area contributed by atoms with Gasteiger partial charge in [-0.15, -0.1) is 21.5 Å². The van der Waals surface area contributed by atoms with E-state index < -0.39 is 0 Å². The number of esters is 1. The molecule has 162 valence electrons. The van der Waals surface area contributed by atoms with Crippen LogP contribution in [0.4, 0.5) is 5.00 Å². The van der Waals surface area contributed by atoms with Crippen LogP contribution in [-0.4, -0.2) is 39.0 Å². The minimum Gasteiger partial charge on any atom is -0.462 e. The van der Waals surface area contributed by atoms with Crippen molar-refractivity contribution in [2.24, 2.45) is 5.92 Å². The largest absolute Gasteiger partial charge is 0.462 e. The second kappa shape index (κ2) is 9.09. The molecule has 2 aromatic rings. The SMILES string of the molecule is CCOC(=O)c1c(NC(=O)CSc2nnc(C3CC3)n2CC)sc2c1CCC(C)C2. The van der Waals surface area contributed by atoms with Gasteiger partial charge < -0.3 is 14.6 Å².